The highest BCUT2D eigenvalue weighted by atomic mass is 16.6. The van der Waals surface area contributed by atoms with E-state index < -0.39 is 5.60 Å². The molecule has 0 saturated carbocycles. The van der Waals surface area contributed by atoms with Crippen molar-refractivity contribution in [3.05, 3.63) is 48.6 Å². The van der Waals surface area contributed by atoms with Gasteiger partial charge in [0.15, 0.2) is 0 Å². The van der Waals surface area contributed by atoms with Gasteiger partial charge in [-0.2, -0.15) is 0 Å². The second-order valence-corrected chi connectivity index (χ2v) is 7.46. The molecule has 5 nitrogen and oxygen atoms in total. The summed E-state index contributed by atoms with van der Waals surface area (Å²) in [5.41, 5.74) is 1.53. The van der Waals surface area contributed by atoms with E-state index in [4.69, 9.17) is 9.47 Å². The quantitative estimate of drug-likeness (QED) is 0.690. The maximum Gasteiger partial charge on any atom is 0.414 e. The number of likely N-dealkylation sites (N-methyl/N-ethyl adjacent to an activating group) is 1. The first-order chi connectivity index (χ1) is 12.3. The molecule has 0 radical (unpaired) electrons. The van der Waals surface area contributed by atoms with Crippen LogP contribution in [0.25, 0.3) is 0 Å². The van der Waals surface area contributed by atoms with Crippen LogP contribution in [-0.4, -0.2) is 49.9 Å². The summed E-state index contributed by atoms with van der Waals surface area (Å²) in [6, 6.07) is 5.85. The second-order valence-electron chi connectivity index (χ2n) is 7.46. The molecule has 0 N–H and O–H groups in total. The van der Waals surface area contributed by atoms with Gasteiger partial charge in [0.1, 0.15) is 18.0 Å². The molecule has 0 fully saturated rings. The van der Waals surface area contributed by atoms with Crippen molar-refractivity contribution in [3.8, 4) is 5.75 Å². The Balaban J connectivity index is 1.89. The molecule has 2 rings (SSSR count). The topological polar surface area (TPSA) is 42.0 Å². The molecule has 1 heterocycles. The minimum atomic E-state index is -0.491. The van der Waals surface area contributed by atoms with Gasteiger partial charge in [-0.3, -0.25) is 9.80 Å². The van der Waals surface area contributed by atoms with Crippen LogP contribution < -0.4 is 9.64 Å². The first-order valence-corrected chi connectivity index (χ1v) is 9.01. The van der Waals surface area contributed by atoms with E-state index in [9.17, 15) is 4.79 Å². The van der Waals surface area contributed by atoms with Crippen LogP contribution in [0, 0.1) is 0 Å². The Morgan fingerprint density at radius 2 is 2.08 bits per heavy atom. The average Bonchev–Trinajstić information content (AvgIpc) is 2.96. The summed E-state index contributed by atoms with van der Waals surface area (Å²) in [6.45, 7) is 12.3. The van der Waals surface area contributed by atoms with Gasteiger partial charge in [-0.25, -0.2) is 4.79 Å². The van der Waals surface area contributed by atoms with Gasteiger partial charge < -0.3 is 9.47 Å². The Hall–Kier alpha value is -2.27. The van der Waals surface area contributed by atoms with Crippen LogP contribution in [0.3, 0.4) is 0 Å². The van der Waals surface area contributed by atoms with Crippen LogP contribution in [0.5, 0.6) is 5.75 Å². The molecule has 1 aliphatic heterocycles. The average molecular weight is 358 g/mol. The largest absolute Gasteiger partial charge is 0.490 e. The third-order valence-electron chi connectivity index (χ3n) is 3.93. The summed E-state index contributed by atoms with van der Waals surface area (Å²) in [7, 11) is 2.05. The lowest BCUT2D eigenvalue weighted by molar-refractivity contribution is 0.0584. The van der Waals surface area contributed by atoms with E-state index in [2.05, 4.69) is 17.6 Å². The molecule has 5 heteroatoms. The number of ether oxygens (including phenoxy) is 2. The molecule has 0 bridgehead atoms. The lowest BCUT2D eigenvalue weighted by Crippen LogP contribution is -2.35. The molecule has 0 spiro atoms. The molecule has 0 aliphatic carbocycles. The van der Waals surface area contributed by atoms with Crippen LogP contribution in [0.2, 0.25) is 0 Å². The maximum atomic E-state index is 12.3. The zero-order valence-corrected chi connectivity index (χ0v) is 16.3. The van der Waals surface area contributed by atoms with E-state index >= 15 is 0 Å². The highest BCUT2D eigenvalue weighted by Gasteiger charge is 2.29. The van der Waals surface area contributed by atoms with Gasteiger partial charge in [0.2, 0.25) is 0 Å². The number of benzene rings is 1. The summed E-state index contributed by atoms with van der Waals surface area (Å²) >= 11 is 0. The van der Waals surface area contributed by atoms with Crippen LogP contribution in [0.4, 0.5) is 10.5 Å². The number of fused-ring (bicyclic) bond motifs is 1. The number of carbonyl (C=O) groups excluding carboxylic acids is 1. The fourth-order valence-corrected chi connectivity index (χ4v) is 2.74. The van der Waals surface area contributed by atoms with Crippen molar-refractivity contribution >= 4 is 11.8 Å². The number of anilines is 1. The van der Waals surface area contributed by atoms with Gasteiger partial charge in [-0.1, -0.05) is 18.2 Å². The molecular formula is C21H30N2O3. The van der Waals surface area contributed by atoms with Crippen LogP contribution in [0.15, 0.2) is 43.0 Å². The van der Waals surface area contributed by atoms with Crippen molar-refractivity contribution in [2.24, 2.45) is 0 Å². The van der Waals surface area contributed by atoms with Crippen molar-refractivity contribution < 1.29 is 14.3 Å². The molecule has 1 amide bonds. The Kier molecular flexibility index (Phi) is 6.86. The fraction of sp³-hybridized carbons (Fsp3) is 0.476. The van der Waals surface area contributed by atoms with E-state index in [1.165, 1.54) is 0 Å². The molecule has 1 aromatic rings. The summed E-state index contributed by atoms with van der Waals surface area (Å²) in [5.74, 6) is 0.818. The molecule has 1 aliphatic rings. The van der Waals surface area contributed by atoms with Crippen molar-refractivity contribution in [1.29, 1.82) is 0 Å². The first-order valence-electron chi connectivity index (χ1n) is 9.01. The number of nitrogens with zero attached hydrogens (tertiary/aromatic N) is 2. The van der Waals surface area contributed by atoms with E-state index in [1.54, 1.807) is 4.90 Å². The van der Waals surface area contributed by atoms with Gasteiger partial charge >= 0.3 is 6.09 Å². The standard InChI is InChI=1S/C21H30N2O3/c1-6-12-22(5)13-7-8-15-25-18-9-10-19-17(16-18)11-14-23(19)20(24)26-21(2,3)4/h6-10,16H,1,11-15H2,2-5H3/b8-7+. The molecular weight excluding hydrogens is 328 g/mol. The zero-order valence-electron chi connectivity index (χ0n) is 16.3. The summed E-state index contributed by atoms with van der Waals surface area (Å²) in [6.07, 6.45) is 6.50. The van der Waals surface area contributed by atoms with E-state index in [-0.39, 0.29) is 6.09 Å². The number of hydrogen-bond donors (Lipinski definition) is 0. The molecule has 142 valence electrons. The summed E-state index contributed by atoms with van der Waals surface area (Å²) < 4.78 is 11.3. The van der Waals surface area contributed by atoms with Gasteiger partial charge in [0.25, 0.3) is 0 Å². The number of rotatable bonds is 7. The van der Waals surface area contributed by atoms with Crippen molar-refractivity contribution in [1.82, 2.24) is 4.90 Å². The third kappa shape index (κ3) is 5.92. The fourth-order valence-electron chi connectivity index (χ4n) is 2.74. The van der Waals surface area contributed by atoms with Gasteiger partial charge in [-0.15, -0.1) is 6.58 Å². The summed E-state index contributed by atoms with van der Waals surface area (Å²) in [5, 5.41) is 0. The van der Waals surface area contributed by atoms with E-state index in [0.29, 0.717) is 13.2 Å². The Bertz CT molecular complexity index is 662. The SMILES string of the molecule is C=CCN(C)C/C=C/COc1ccc2c(c1)CCN2C(=O)OC(C)(C)C. The van der Waals surface area contributed by atoms with Gasteiger partial charge in [-0.05, 0) is 58.0 Å². The predicted molar refractivity (Wildman–Crippen MR) is 106 cm³/mol. The van der Waals surface area contributed by atoms with Crippen molar-refractivity contribution in [2.45, 2.75) is 32.8 Å². The monoisotopic (exact) mass is 358 g/mol. The normalized spacial score (nSPS) is 14.0. The smallest absolute Gasteiger partial charge is 0.414 e. The highest BCUT2D eigenvalue weighted by Crippen LogP contribution is 2.32. The lowest BCUT2D eigenvalue weighted by atomic mass is 10.1. The third-order valence-corrected chi connectivity index (χ3v) is 3.93. The molecule has 0 aromatic heterocycles. The van der Waals surface area contributed by atoms with Crippen molar-refractivity contribution in [2.75, 3.05) is 38.2 Å². The number of hydrogen-bond acceptors (Lipinski definition) is 4. The van der Waals surface area contributed by atoms with Crippen molar-refractivity contribution in [3.63, 3.8) is 0 Å². The number of carbonyl (C=O) groups is 1. The first kappa shape index (κ1) is 20.0. The van der Waals surface area contributed by atoms with Gasteiger partial charge in [0.05, 0.1) is 5.69 Å². The molecule has 0 atom stereocenters. The highest BCUT2D eigenvalue weighted by molar-refractivity contribution is 5.90. The van der Waals surface area contributed by atoms with Crippen LogP contribution in [-0.2, 0) is 11.2 Å². The minimum Gasteiger partial charge on any atom is -0.490 e. The molecule has 26 heavy (non-hydrogen) atoms. The maximum absolute atomic E-state index is 12.3. The second kappa shape index (κ2) is 8.90. The number of amides is 1. The Labute approximate surface area is 156 Å². The lowest BCUT2D eigenvalue weighted by Gasteiger charge is -2.24. The van der Waals surface area contributed by atoms with E-state index in [0.717, 1.165) is 36.5 Å². The molecule has 0 saturated heterocycles. The van der Waals surface area contributed by atoms with E-state index in [1.807, 2.05) is 58.2 Å². The Morgan fingerprint density at radius 3 is 2.77 bits per heavy atom. The summed E-state index contributed by atoms with van der Waals surface area (Å²) in [4.78, 5) is 16.2. The minimum absolute atomic E-state index is 0.295. The van der Waals surface area contributed by atoms with Gasteiger partial charge in [0, 0.05) is 19.6 Å². The molecule has 0 unspecified atom stereocenters. The molecule has 1 aromatic carbocycles. The Morgan fingerprint density at radius 1 is 1.31 bits per heavy atom. The predicted octanol–water partition coefficient (Wildman–Crippen LogP) is 4.04. The van der Waals surface area contributed by atoms with Crippen LogP contribution in [0.1, 0.15) is 26.3 Å². The zero-order chi connectivity index (χ0) is 19.2. The van der Waals surface area contributed by atoms with Crippen LogP contribution >= 0.6 is 0 Å².